The standard InChI is InChI=1S/C21H17NOS/c1-13-6-5-8-15-17-12-14(23)10-11-19(17)24-21(20(13)15)16-7-3-4-9-18(16)22-2/h3-12,22-23H,1H2,2H3/p+1. The highest BCUT2D eigenvalue weighted by atomic mass is 32.2. The van der Waals surface area contributed by atoms with Gasteiger partial charge in [0.05, 0.1) is 7.05 Å². The molecule has 3 aromatic rings. The molecule has 0 radical (unpaired) electrons. The van der Waals surface area contributed by atoms with E-state index in [4.69, 9.17) is 0 Å². The fourth-order valence-electron chi connectivity index (χ4n) is 3.22. The molecule has 0 aliphatic carbocycles. The number of hydrogen-bond donors (Lipinski definition) is 2. The molecule has 24 heavy (non-hydrogen) atoms. The van der Waals surface area contributed by atoms with E-state index in [1.807, 2.05) is 24.3 Å². The lowest BCUT2D eigenvalue weighted by Gasteiger charge is -2.20. The van der Waals surface area contributed by atoms with Crippen LogP contribution in [0.1, 0.15) is 5.56 Å². The lowest BCUT2D eigenvalue weighted by molar-refractivity contribution is -0.539. The van der Waals surface area contributed by atoms with Crippen LogP contribution in [-0.4, -0.2) is 12.2 Å². The monoisotopic (exact) mass is 332 g/mol. The summed E-state index contributed by atoms with van der Waals surface area (Å²) in [6, 6.07) is 20.2. The molecule has 0 atom stereocenters. The zero-order valence-corrected chi connectivity index (χ0v) is 14.2. The van der Waals surface area contributed by atoms with Crippen molar-refractivity contribution in [1.82, 2.24) is 0 Å². The molecule has 0 aromatic heterocycles. The average molecular weight is 332 g/mol. The third-order valence-corrected chi connectivity index (χ3v) is 5.56. The molecule has 118 valence electrons. The van der Waals surface area contributed by atoms with Crippen LogP contribution >= 0.6 is 11.8 Å². The van der Waals surface area contributed by atoms with Gasteiger partial charge in [-0.05, 0) is 46.7 Å². The summed E-state index contributed by atoms with van der Waals surface area (Å²) in [6.07, 6.45) is 0. The van der Waals surface area contributed by atoms with Gasteiger partial charge in [0.1, 0.15) is 11.4 Å². The molecule has 3 aromatic carbocycles. The van der Waals surface area contributed by atoms with Crippen molar-refractivity contribution in [3.8, 4) is 16.9 Å². The van der Waals surface area contributed by atoms with Gasteiger partial charge in [0, 0.05) is 20.6 Å². The quantitative estimate of drug-likeness (QED) is 0.708. The fraction of sp³-hybridized carbons (Fsp3) is 0.0476. The van der Waals surface area contributed by atoms with E-state index in [2.05, 4.69) is 49.3 Å². The first kappa shape index (κ1) is 15.1. The molecule has 0 unspecified atom stereocenters. The summed E-state index contributed by atoms with van der Waals surface area (Å²) in [4.78, 5) is 2.38. The Hall–Kier alpha value is -2.49. The van der Waals surface area contributed by atoms with Gasteiger partial charge in [0.25, 0.3) is 0 Å². The lowest BCUT2D eigenvalue weighted by Crippen LogP contribution is -2.73. The Balaban J connectivity index is 2.13. The third-order valence-electron chi connectivity index (χ3n) is 4.36. The van der Waals surface area contributed by atoms with E-state index in [0.29, 0.717) is 5.75 Å². The van der Waals surface area contributed by atoms with E-state index in [1.165, 1.54) is 16.2 Å². The summed E-state index contributed by atoms with van der Waals surface area (Å²) in [5.41, 5.74) is 4.65. The molecule has 3 heteroatoms. The minimum absolute atomic E-state index is 0.292. The Morgan fingerprint density at radius 1 is 0.917 bits per heavy atom. The van der Waals surface area contributed by atoms with Gasteiger partial charge in [0.15, 0.2) is 0 Å². The molecule has 0 amide bonds. The number of benzene rings is 3. The number of aromatic hydroxyl groups is 1. The number of phenols is 1. The Morgan fingerprint density at radius 3 is 2.54 bits per heavy atom. The van der Waals surface area contributed by atoms with E-state index < -0.39 is 0 Å². The summed E-state index contributed by atoms with van der Waals surface area (Å²) >= 11 is 1.75. The van der Waals surface area contributed by atoms with Crippen molar-refractivity contribution in [2.75, 3.05) is 7.05 Å². The summed E-state index contributed by atoms with van der Waals surface area (Å²) < 4.78 is 0. The first-order valence-corrected chi connectivity index (χ1v) is 8.73. The second-order valence-corrected chi connectivity index (χ2v) is 6.88. The van der Waals surface area contributed by atoms with E-state index >= 15 is 0 Å². The first-order chi connectivity index (χ1) is 11.7. The Morgan fingerprint density at radius 2 is 1.71 bits per heavy atom. The SMILES string of the molecule is C=c1cccc2c1=C(c1ccccc1[NH2+]C)Sc1ccc(O)cc1-2. The van der Waals surface area contributed by atoms with Gasteiger partial charge >= 0.3 is 0 Å². The molecule has 0 saturated carbocycles. The number of quaternary nitrogens is 1. The highest BCUT2D eigenvalue weighted by molar-refractivity contribution is 8.08. The lowest BCUT2D eigenvalue weighted by atomic mass is 9.99. The molecule has 0 spiro atoms. The molecule has 3 N–H and O–H groups in total. The van der Waals surface area contributed by atoms with Crippen molar-refractivity contribution in [3.63, 3.8) is 0 Å². The van der Waals surface area contributed by atoms with Gasteiger partial charge in [-0.25, -0.2) is 0 Å². The van der Waals surface area contributed by atoms with E-state index in [1.54, 1.807) is 17.8 Å². The van der Waals surface area contributed by atoms with Gasteiger partial charge < -0.3 is 10.4 Å². The number of hydrogen-bond acceptors (Lipinski definition) is 2. The van der Waals surface area contributed by atoms with Crippen LogP contribution in [0.15, 0.2) is 65.6 Å². The van der Waals surface area contributed by atoms with Crippen LogP contribution < -0.4 is 15.8 Å². The maximum atomic E-state index is 9.91. The highest BCUT2D eigenvalue weighted by Crippen LogP contribution is 2.43. The number of fused-ring (bicyclic) bond motifs is 3. The Labute approximate surface area is 145 Å². The van der Waals surface area contributed by atoms with Gasteiger partial charge in [0.2, 0.25) is 0 Å². The van der Waals surface area contributed by atoms with Crippen molar-refractivity contribution >= 4 is 28.9 Å². The van der Waals surface area contributed by atoms with Crippen LogP contribution in [0.2, 0.25) is 0 Å². The summed E-state index contributed by atoms with van der Waals surface area (Å²) in [7, 11) is 2.07. The maximum Gasteiger partial charge on any atom is 0.137 e. The zero-order chi connectivity index (χ0) is 16.7. The molecular weight excluding hydrogens is 314 g/mol. The predicted octanol–water partition coefficient (Wildman–Crippen LogP) is 2.56. The van der Waals surface area contributed by atoms with Crippen molar-refractivity contribution in [2.24, 2.45) is 0 Å². The molecule has 0 bridgehead atoms. The molecule has 4 rings (SSSR count). The largest absolute Gasteiger partial charge is 0.508 e. The van der Waals surface area contributed by atoms with E-state index in [9.17, 15) is 5.11 Å². The van der Waals surface area contributed by atoms with Crippen molar-refractivity contribution in [3.05, 3.63) is 76.7 Å². The first-order valence-electron chi connectivity index (χ1n) is 7.91. The number of nitrogens with two attached hydrogens (primary N) is 1. The van der Waals surface area contributed by atoms with Crippen LogP contribution in [-0.2, 0) is 0 Å². The molecule has 1 heterocycles. The minimum atomic E-state index is 0.292. The number of rotatable bonds is 2. The van der Waals surface area contributed by atoms with Gasteiger partial charge in [-0.15, -0.1) is 0 Å². The zero-order valence-electron chi connectivity index (χ0n) is 13.4. The van der Waals surface area contributed by atoms with Crippen LogP contribution in [0, 0.1) is 0 Å². The van der Waals surface area contributed by atoms with Crippen LogP contribution in [0.5, 0.6) is 5.75 Å². The van der Waals surface area contributed by atoms with Gasteiger partial charge in [-0.1, -0.05) is 48.7 Å². The fourth-order valence-corrected chi connectivity index (χ4v) is 4.49. The van der Waals surface area contributed by atoms with Crippen molar-refractivity contribution in [2.45, 2.75) is 4.90 Å². The highest BCUT2D eigenvalue weighted by Gasteiger charge is 2.21. The maximum absolute atomic E-state index is 9.91. The molecule has 2 nitrogen and oxygen atoms in total. The Bertz CT molecular complexity index is 1060. The van der Waals surface area contributed by atoms with E-state index in [0.717, 1.165) is 26.5 Å². The van der Waals surface area contributed by atoms with E-state index in [-0.39, 0.29) is 0 Å². The third kappa shape index (κ3) is 2.33. The Kier molecular flexibility index (Phi) is 3.68. The molecule has 0 saturated heterocycles. The van der Waals surface area contributed by atoms with Crippen LogP contribution in [0.3, 0.4) is 0 Å². The molecular formula is C21H18NOS+. The minimum Gasteiger partial charge on any atom is -0.508 e. The molecule has 1 aliphatic rings. The second kappa shape index (κ2) is 5.86. The smallest absolute Gasteiger partial charge is 0.137 e. The van der Waals surface area contributed by atoms with Crippen LogP contribution in [0.25, 0.3) is 22.6 Å². The number of phenolic OH excluding ortho intramolecular Hbond substituents is 1. The summed E-state index contributed by atoms with van der Waals surface area (Å²) in [5.74, 6) is 0.292. The summed E-state index contributed by atoms with van der Waals surface area (Å²) in [6.45, 7) is 4.25. The second-order valence-electron chi connectivity index (χ2n) is 5.83. The van der Waals surface area contributed by atoms with Gasteiger partial charge in [-0.2, -0.15) is 0 Å². The van der Waals surface area contributed by atoms with Crippen molar-refractivity contribution in [1.29, 1.82) is 0 Å². The molecule has 0 fully saturated rings. The van der Waals surface area contributed by atoms with Crippen LogP contribution in [0.4, 0.5) is 5.69 Å². The average Bonchev–Trinajstić information content (AvgIpc) is 2.61. The number of thioether (sulfide) groups is 1. The molecule has 1 aliphatic heterocycles. The summed E-state index contributed by atoms with van der Waals surface area (Å²) in [5, 5.41) is 14.2. The normalized spacial score (nSPS) is 12.6. The van der Waals surface area contributed by atoms with Crippen molar-refractivity contribution < 1.29 is 10.4 Å². The topological polar surface area (TPSA) is 36.8 Å². The predicted molar refractivity (Wildman–Crippen MR) is 101 cm³/mol. The van der Waals surface area contributed by atoms with Gasteiger partial charge in [-0.3, -0.25) is 0 Å². The number of para-hydroxylation sites is 1.